The van der Waals surface area contributed by atoms with Crippen molar-refractivity contribution in [2.45, 2.75) is 32.9 Å². The van der Waals surface area contributed by atoms with E-state index in [9.17, 15) is 14.4 Å². The van der Waals surface area contributed by atoms with Gasteiger partial charge >= 0.3 is 18.0 Å². The minimum absolute atomic E-state index is 0.261. The molecule has 0 atom stereocenters. The lowest BCUT2D eigenvalue weighted by Crippen LogP contribution is -2.27. The van der Waals surface area contributed by atoms with Crippen LogP contribution in [0.15, 0.2) is 17.1 Å². The molecule has 13 heteroatoms. The van der Waals surface area contributed by atoms with Crippen LogP contribution in [0.25, 0.3) is 10.2 Å². The molecule has 0 radical (unpaired) electrons. The molecule has 4 heterocycles. The highest BCUT2D eigenvalue weighted by atomic mass is 127. The monoisotopic (exact) mass is 715 g/mol. The van der Waals surface area contributed by atoms with E-state index in [1.54, 1.807) is 26.8 Å². The summed E-state index contributed by atoms with van der Waals surface area (Å²) in [6.07, 6.45) is -0.570. The maximum absolute atomic E-state index is 12.1. The zero-order valence-corrected chi connectivity index (χ0v) is 24.2. The Morgan fingerprint density at radius 3 is 2.18 bits per heavy atom. The van der Waals surface area contributed by atoms with Crippen molar-refractivity contribution in [2.75, 3.05) is 14.2 Å². The molecule has 1 aliphatic rings. The largest absolute Gasteiger partial charge is 0.465 e. The van der Waals surface area contributed by atoms with Crippen LogP contribution in [0.4, 0.5) is 4.79 Å². The number of fused-ring (bicyclic) bond motifs is 2. The standard InChI is InChI=1S/C12H13IN2O4S.C8H6INO2S/c1-12(2,3)19-11(17)15-6-5-7(10(16)18-4)20-8(6)9(13)14-15;1-12-8(11)5-2-4-3-10-7(9)6(4)13-5/h5H,1-4H3;2H,3H2,1H3. The first kappa shape index (κ1) is 26.0. The van der Waals surface area contributed by atoms with Gasteiger partial charge in [-0.15, -0.1) is 22.7 Å². The summed E-state index contributed by atoms with van der Waals surface area (Å²) >= 11 is 6.89. The van der Waals surface area contributed by atoms with E-state index in [0.717, 1.165) is 18.9 Å². The van der Waals surface area contributed by atoms with Gasteiger partial charge in [0.25, 0.3) is 0 Å². The summed E-state index contributed by atoms with van der Waals surface area (Å²) in [6, 6.07) is 3.45. The molecule has 0 amide bonds. The van der Waals surface area contributed by atoms with Crippen molar-refractivity contribution in [1.29, 1.82) is 0 Å². The fourth-order valence-corrected chi connectivity index (χ4v) is 6.26. The summed E-state index contributed by atoms with van der Waals surface area (Å²) in [5.41, 5.74) is 1.07. The van der Waals surface area contributed by atoms with E-state index >= 15 is 0 Å². The van der Waals surface area contributed by atoms with E-state index in [-0.39, 0.29) is 5.97 Å². The summed E-state index contributed by atoms with van der Waals surface area (Å²) in [7, 11) is 2.71. The number of esters is 2. The molecule has 0 saturated heterocycles. The molecule has 4 rings (SSSR count). The third-order valence-electron chi connectivity index (χ3n) is 4.04. The van der Waals surface area contributed by atoms with Crippen LogP contribution in [-0.4, -0.2) is 51.4 Å². The Morgan fingerprint density at radius 1 is 1.03 bits per heavy atom. The van der Waals surface area contributed by atoms with Gasteiger partial charge in [-0.3, -0.25) is 4.99 Å². The van der Waals surface area contributed by atoms with Crippen molar-refractivity contribution in [3.63, 3.8) is 0 Å². The SMILES string of the molecule is COC(=O)c1cc2c(s1)C(I)=NC2.COC(=O)c1cc2c(s1)c(I)nn2C(=O)OC(C)(C)C. The Bertz CT molecular complexity index is 1270. The van der Waals surface area contributed by atoms with Gasteiger partial charge in [0.1, 0.15) is 22.8 Å². The smallest absolute Gasteiger partial charge is 0.435 e. The highest BCUT2D eigenvalue weighted by Gasteiger charge is 2.24. The van der Waals surface area contributed by atoms with Crippen LogP contribution < -0.4 is 0 Å². The second kappa shape index (κ2) is 10.4. The lowest BCUT2D eigenvalue weighted by atomic mass is 10.2. The molecule has 0 aromatic carbocycles. The first-order valence-electron chi connectivity index (χ1n) is 9.36. The van der Waals surface area contributed by atoms with Gasteiger partial charge in [-0.05, 0) is 83.6 Å². The molecule has 33 heavy (non-hydrogen) atoms. The maximum Gasteiger partial charge on any atom is 0.435 e. The van der Waals surface area contributed by atoms with Gasteiger partial charge in [-0.1, -0.05) is 0 Å². The van der Waals surface area contributed by atoms with E-state index in [4.69, 9.17) is 4.74 Å². The summed E-state index contributed by atoms with van der Waals surface area (Å²) in [5.74, 6) is -0.693. The van der Waals surface area contributed by atoms with Gasteiger partial charge in [0.2, 0.25) is 0 Å². The number of carbonyl (C=O) groups excluding carboxylic acids is 3. The van der Waals surface area contributed by atoms with Crippen molar-refractivity contribution in [3.8, 4) is 0 Å². The van der Waals surface area contributed by atoms with Gasteiger partial charge in [-0.25, -0.2) is 14.4 Å². The fourth-order valence-electron chi connectivity index (χ4n) is 2.67. The number of hydrogen-bond donors (Lipinski definition) is 0. The molecule has 0 saturated carbocycles. The number of methoxy groups -OCH3 is 2. The molecule has 3 aromatic heterocycles. The van der Waals surface area contributed by atoms with Gasteiger partial charge < -0.3 is 14.2 Å². The summed E-state index contributed by atoms with van der Waals surface area (Å²) < 4.78 is 18.2. The molecule has 1 aliphatic heterocycles. The lowest BCUT2D eigenvalue weighted by Gasteiger charge is -2.18. The van der Waals surface area contributed by atoms with Crippen molar-refractivity contribution in [2.24, 2.45) is 4.99 Å². The topological polar surface area (TPSA) is 109 Å². The van der Waals surface area contributed by atoms with Crippen LogP contribution in [0.2, 0.25) is 0 Å². The molecule has 176 valence electrons. The van der Waals surface area contributed by atoms with Gasteiger partial charge in [0, 0.05) is 0 Å². The molecule has 3 aromatic rings. The van der Waals surface area contributed by atoms with Crippen molar-refractivity contribution in [1.82, 2.24) is 9.78 Å². The third kappa shape index (κ3) is 5.92. The number of ether oxygens (including phenoxy) is 3. The van der Waals surface area contributed by atoms with Crippen LogP contribution >= 0.6 is 67.9 Å². The van der Waals surface area contributed by atoms with Crippen LogP contribution in [0, 0.1) is 3.70 Å². The zero-order chi connectivity index (χ0) is 24.5. The minimum atomic E-state index is -0.609. The molecule has 0 unspecified atom stereocenters. The molecule has 0 aliphatic carbocycles. The number of rotatable bonds is 2. The van der Waals surface area contributed by atoms with Gasteiger partial charge in [0.15, 0.2) is 0 Å². The average molecular weight is 715 g/mol. The number of carbonyl (C=O) groups is 3. The van der Waals surface area contributed by atoms with Gasteiger partial charge in [-0.2, -0.15) is 9.78 Å². The molecule has 0 fully saturated rings. The van der Waals surface area contributed by atoms with Crippen molar-refractivity contribution < 1.29 is 28.6 Å². The Balaban J connectivity index is 0.000000203. The molecular formula is C20H19I2N3O6S2. The first-order valence-corrected chi connectivity index (χ1v) is 13.1. The Labute approximate surface area is 224 Å². The fraction of sp³-hybridized carbons (Fsp3) is 0.350. The summed E-state index contributed by atoms with van der Waals surface area (Å²) in [6.45, 7) is 6.04. The second-order valence-corrected chi connectivity index (χ2v) is 11.7. The maximum atomic E-state index is 12.1. The average Bonchev–Trinajstić information content (AvgIpc) is 3.49. The Hall–Kier alpha value is -1.59. The number of thiophene rings is 2. The highest BCUT2D eigenvalue weighted by molar-refractivity contribution is 14.1. The normalized spacial score (nSPS) is 12.5. The number of aliphatic imine (C=N–C) groups is 1. The second-order valence-electron chi connectivity index (χ2n) is 7.56. The van der Waals surface area contributed by atoms with E-state index in [0.29, 0.717) is 25.5 Å². The number of halogens is 2. The Kier molecular flexibility index (Phi) is 8.16. The predicted molar refractivity (Wildman–Crippen MR) is 143 cm³/mol. The first-order chi connectivity index (χ1) is 15.4. The van der Waals surface area contributed by atoms with E-state index in [1.807, 2.05) is 28.7 Å². The molecule has 0 bridgehead atoms. The molecule has 9 nitrogen and oxygen atoms in total. The van der Waals surface area contributed by atoms with E-state index < -0.39 is 17.7 Å². The summed E-state index contributed by atoms with van der Waals surface area (Å²) in [4.78, 5) is 41.3. The lowest BCUT2D eigenvalue weighted by molar-refractivity contribution is 0.0519. The molecule has 0 N–H and O–H groups in total. The summed E-state index contributed by atoms with van der Waals surface area (Å²) in [5, 5.41) is 4.15. The van der Waals surface area contributed by atoms with Crippen molar-refractivity contribution >= 4 is 99.8 Å². The van der Waals surface area contributed by atoms with E-state index in [2.05, 4.69) is 42.2 Å². The highest BCUT2D eigenvalue weighted by Crippen LogP contribution is 2.32. The molecule has 0 spiro atoms. The van der Waals surface area contributed by atoms with Crippen LogP contribution in [-0.2, 0) is 20.8 Å². The number of nitrogens with zero attached hydrogens (tertiary/aromatic N) is 3. The van der Waals surface area contributed by atoms with Crippen LogP contribution in [0.3, 0.4) is 0 Å². The van der Waals surface area contributed by atoms with Crippen LogP contribution in [0.1, 0.15) is 50.6 Å². The third-order valence-corrected chi connectivity index (χ3v) is 8.68. The quantitative estimate of drug-likeness (QED) is 0.196. The van der Waals surface area contributed by atoms with Crippen molar-refractivity contribution in [3.05, 3.63) is 36.0 Å². The van der Waals surface area contributed by atoms with Crippen LogP contribution in [0.5, 0.6) is 0 Å². The minimum Gasteiger partial charge on any atom is -0.465 e. The number of aromatic nitrogens is 2. The zero-order valence-electron chi connectivity index (χ0n) is 18.2. The Morgan fingerprint density at radius 2 is 1.64 bits per heavy atom. The molecular weight excluding hydrogens is 696 g/mol. The predicted octanol–water partition coefficient (Wildman–Crippen LogP) is 5.50. The van der Waals surface area contributed by atoms with E-state index in [1.165, 1.54) is 41.6 Å². The number of hydrogen-bond acceptors (Lipinski definition) is 10. The van der Waals surface area contributed by atoms with Gasteiger partial charge in [0.05, 0.1) is 35.9 Å².